The second-order valence-electron chi connectivity index (χ2n) is 6.17. The summed E-state index contributed by atoms with van der Waals surface area (Å²) in [5.74, 6) is 1.48. The topological polar surface area (TPSA) is 29.3 Å². The summed E-state index contributed by atoms with van der Waals surface area (Å²) in [7, 11) is 0. The summed E-state index contributed by atoms with van der Waals surface area (Å²) in [5, 5.41) is 0. The second-order valence-corrected chi connectivity index (χ2v) is 6.17. The van der Waals surface area contributed by atoms with Gasteiger partial charge in [-0.1, -0.05) is 34.1 Å². The van der Waals surface area contributed by atoms with E-state index in [0.29, 0.717) is 12.0 Å². The molecule has 0 amide bonds. The molecule has 0 radical (unpaired) electrons. The summed E-state index contributed by atoms with van der Waals surface area (Å²) in [5.41, 5.74) is 5.90. The highest BCUT2D eigenvalue weighted by Gasteiger charge is 2.15. The van der Waals surface area contributed by atoms with E-state index >= 15 is 0 Å². The van der Waals surface area contributed by atoms with Crippen LogP contribution in [0.2, 0.25) is 0 Å². The van der Waals surface area contributed by atoms with E-state index in [1.165, 1.54) is 45.2 Å². The monoisotopic (exact) mass is 256 g/mol. The molecule has 2 N–H and O–H groups in total. The van der Waals surface area contributed by atoms with Gasteiger partial charge in [0.2, 0.25) is 0 Å². The normalized spacial score (nSPS) is 15.3. The Bertz CT molecular complexity index is 180. The molecule has 0 saturated heterocycles. The molecule has 18 heavy (non-hydrogen) atoms. The van der Waals surface area contributed by atoms with Gasteiger partial charge in [-0.3, -0.25) is 0 Å². The Kier molecular flexibility index (Phi) is 10.8. The maximum absolute atomic E-state index is 5.90. The number of nitrogens with two attached hydrogens (primary N) is 1. The molecule has 2 heteroatoms. The van der Waals surface area contributed by atoms with Gasteiger partial charge in [0.05, 0.1) is 0 Å². The zero-order valence-corrected chi connectivity index (χ0v) is 13.4. The molecule has 0 heterocycles. The summed E-state index contributed by atoms with van der Waals surface area (Å²) in [6, 6.07) is 0.717. The van der Waals surface area contributed by atoms with Crippen LogP contribution in [0.1, 0.15) is 66.7 Å². The Balaban J connectivity index is 4.13. The molecule has 2 atom stereocenters. The van der Waals surface area contributed by atoms with Crippen LogP contribution in [0.25, 0.3) is 0 Å². The van der Waals surface area contributed by atoms with Crippen molar-refractivity contribution in [2.45, 2.75) is 72.8 Å². The minimum atomic E-state index is 0.707. The van der Waals surface area contributed by atoms with E-state index in [2.05, 4.69) is 39.5 Å². The number of hydrogen-bond donors (Lipinski definition) is 1. The van der Waals surface area contributed by atoms with Gasteiger partial charge in [0.15, 0.2) is 0 Å². The van der Waals surface area contributed by atoms with Crippen LogP contribution in [-0.4, -0.2) is 30.6 Å². The van der Waals surface area contributed by atoms with E-state index in [9.17, 15) is 0 Å². The van der Waals surface area contributed by atoms with E-state index in [1.54, 1.807) is 0 Å². The Labute approximate surface area is 115 Å². The fourth-order valence-electron chi connectivity index (χ4n) is 2.52. The average molecular weight is 256 g/mol. The van der Waals surface area contributed by atoms with Crippen LogP contribution in [0, 0.1) is 11.8 Å². The SMILES string of the molecule is CCCCN(CCC(CN)CC(C)C)C(C)CC. The molecule has 0 saturated carbocycles. The lowest BCUT2D eigenvalue weighted by molar-refractivity contribution is 0.183. The van der Waals surface area contributed by atoms with Crippen LogP contribution in [0.5, 0.6) is 0 Å². The van der Waals surface area contributed by atoms with Crippen molar-refractivity contribution in [3.8, 4) is 0 Å². The molecule has 2 nitrogen and oxygen atoms in total. The second kappa shape index (κ2) is 10.8. The van der Waals surface area contributed by atoms with Gasteiger partial charge in [0.25, 0.3) is 0 Å². The first-order valence-corrected chi connectivity index (χ1v) is 7.99. The first-order chi connectivity index (χ1) is 8.54. The maximum atomic E-state index is 5.90. The number of rotatable bonds is 11. The lowest BCUT2D eigenvalue weighted by Crippen LogP contribution is -2.36. The van der Waals surface area contributed by atoms with Crippen LogP contribution < -0.4 is 5.73 Å². The predicted octanol–water partition coefficient (Wildman–Crippen LogP) is 3.90. The highest BCUT2D eigenvalue weighted by atomic mass is 15.1. The summed E-state index contributed by atoms with van der Waals surface area (Å²) in [6.07, 6.45) is 6.41. The molecule has 0 spiro atoms. The molecule has 0 aliphatic heterocycles. The predicted molar refractivity (Wildman–Crippen MR) is 82.9 cm³/mol. The smallest absolute Gasteiger partial charge is 0.00643 e. The Morgan fingerprint density at radius 1 is 1.06 bits per heavy atom. The van der Waals surface area contributed by atoms with Crippen LogP contribution >= 0.6 is 0 Å². The van der Waals surface area contributed by atoms with Crippen molar-refractivity contribution < 1.29 is 0 Å². The van der Waals surface area contributed by atoms with Crippen LogP contribution in [-0.2, 0) is 0 Å². The van der Waals surface area contributed by atoms with Gasteiger partial charge in [-0.05, 0) is 64.1 Å². The molecule has 0 bridgehead atoms. The lowest BCUT2D eigenvalue weighted by Gasteiger charge is -2.30. The van der Waals surface area contributed by atoms with Crippen molar-refractivity contribution in [3.05, 3.63) is 0 Å². The largest absolute Gasteiger partial charge is 0.330 e. The Morgan fingerprint density at radius 3 is 2.17 bits per heavy atom. The van der Waals surface area contributed by atoms with Gasteiger partial charge >= 0.3 is 0 Å². The summed E-state index contributed by atoms with van der Waals surface area (Å²) >= 11 is 0. The molecular formula is C16H36N2. The summed E-state index contributed by atoms with van der Waals surface area (Å²) in [6.45, 7) is 14.8. The van der Waals surface area contributed by atoms with Crippen molar-refractivity contribution in [2.24, 2.45) is 17.6 Å². The van der Waals surface area contributed by atoms with Crippen LogP contribution in [0.4, 0.5) is 0 Å². The third-order valence-corrected chi connectivity index (χ3v) is 3.98. The third kappa shape index (κ3) is 8.10. The van der Waals surface area contributed by atoms with Crippen molar-refractivity contribution in [1.82, 2.24) is 4.90 Å². The number of hydrogen-bond acceptors (Lipinski definition) is 2. The molecule has 0 aliphatic carbocycles. The number of unbranched alkanes of at least 4 members (excludes halogenated alkanes) is 1. The van der Waals surface area contributed by atoms with E-state index in [-0.39, 0.29) is 0 Å². The molecule has 110 valence electrons. The summed E-state index contributed by atoms with van der Waals surface area (Å²) < 4.78 is 0. The zero-order chi connectivity index (χ0) is 14.0. The molecular weight excluding hydrogens is 220 g/mol. The molecule has 2 unspecified atom stereocenters. The fraction of sp³-hybridized carbons (Fsp3) is 1.00. The minimum Gasteiger partial charge on any atom is -0.330 e. The Hall–Kier alpha value is -0.0800. The third-order valence-electron chi connectivity index (χ3n) is 3.98. The molecule has 0 aliphatic rings. The van der Waals surface area contributed by atoms with Crippen molar-refractivity contribution in [2.75, 3.05) is 19.6 Å². The first-order valence-electron chi connectivity index (χ1n) is 7.99. The van der Waals surface area contributed by atoms with Gasteiger partial charge in [-0.2, -0.15) is 0 Å². The Morgan fingerprint density at radius 2 is 1.72 bits per heavy atom. The van der Waals surface area contributed by atoms with Crippen molar-refractivity contribution in [1.29, 1.82) is 0 Å². The van der Waals surface area contributed by atoms with Gasteiger partial charge in [0.1, 0.15) is 0 Å². The van der Waals surface area contributed by atoms with Crippen molar-refractivity contribution in [3.63, 3.8) is 0 Å². The molecule has 0 fully saturated rings. The average Bonchev–Trinajstić information content (AvgIpc) is 2.35. The quantitative estimate of drug-likeness (QED) is 0.607. The molecule has 0 aromatic heterocycles. The van der Waals surface area contributed by atoms with Gasteiger partial charge in [-0.15, -0.1) is 0 Å². The number of nitrogens with zero attached hydrogens (tertiary/aromatic N) is 1. The van der Waals surface area contributed by atoms with E-state index in [0.717, 1.165) is 12.5 Å². The van der Waals surface area contributed by atoms with Crippen molar-refractivity contribution >= 4 is 0 Å². The van der Waals surface area contributed by atoms with E-state index in [4.69, 9.17) is 5.73 Å². The highest BCUT2D eigenvalue weighted by molar-refractivity contribution is 4.70. The standard InChI is InChI=1S/C16H36N2/c1-6-8-10-18(15(5)7-2)11-9-16(13-17)12-14(3)4/h14-16H,6-13,17H2,1-5H3. The van der Waals surface area contributed by atoms with Crippen LogP contribution in [0.15, 0.2) is 0 Å². The maximum Gasteiger partial charge on any atom is 0.00643 e. The van der Waals surface area contributed by atoms with Gasteiger partial charge in [-0.25, -0.2) is 0 Å². The fourth-order valence-corrected chi connectivity index (χ4v) is 2.52. The van der Waals surface area contributed by atoms with Crippen LogP contribution in [0.3, 0.4) is 0 Å². The van der Waals surface area contributed by atoms with Gasteiger partial charge < -0.3 is 10.6 Å². The molecule has 0 aromatic rings. The zero-order valence-electron chi connectivity index (χ0n) is 13.4. The van der Waals surface area contributed by atoms with Gasteiger partial charge in [0, 0.05) is 6.04 Å². The highest BCUT2D eigenvalue weighted by Crippen LogP contribution is 2.16. The van der Waals surface area contributed by atoms with E-state index in [1.807, 2.05) is 0 Å². The first kappa shape index (κ1) is 17.9. The minimum absolute atomic E-state index is 0.707. The lowest BCUT2D eigenvalue weighted by atomic mass is 9.94. The summed E-state index contributed by atoms with van der Waals surface area (Å²) in [4.78, 5) is 2.66. The molecule has 0 aromatic carbocycles. The van der Waals surface area contributed by atoms with E-state index < -0.39 is 0 Å². The molecule has 0 rings (SSSR count).